The van der Waals surface area contributed by atoms with Gasteiger partial charge in [0.1, 0.15) is 29.3 Å². The summed E-state index contributed by atoms with van der Waals surface area (Å²) in [7, 11) is 1.49. The number of ketones is 1. The van der Waals surface area contributed by atoms with Crippen molar-refractivity contribution in [1.29, 1.82) is 0 Å². The number of furan rings is 1. The second-order valence-electron chi connectivity index (χ2n) is 10.4. The van der Waals surface area contributed by atoms with E-state index in [2.05, 4.69) is 0 Å². The molecule has 45 heavy (non-hydrogen) atoms. The van der Waals surface area contributed by atoms with Crippen LogP contribution in [0.4, 0.5) is 0 Å². The lowest BCUT2D eigenvalue weighted by Gasteiger charge is -2.10. The van der Waals surface area contributed by atoms with E-state index in [9.17, 15) is 9.59 Å². The maximum Gasteiger partial charge on any atom is 0.347 e. The fourth-order valence-corrected chi connectivity index (χ4v) is 5.03. The lowest BCUT2D eigenvalue weighted by Crippen LogP contribution is -2.10. The molecule has 0 fully saturated rings. The van der Waals surface area contributed by atoms with Crippen molar-refractivity contribution in [2.24, 2.45) is 0 Å². The Morgan fingerprint density at radius 2 is 1.47 bits per heavy atom. The largest absolute Gasteiger partial charge is 0.493 e. The number of allylic oxidation sites excluding steroid dienone is 1. The number of aryl methyl sites for hydroxylation is 1. The lowest BCUT2D eigenvalue weighted by atomic mass is 10.0. The molecule has 0 atom stereocenters. The van der Waals surface area contributed by atoms with Gasteiger partial charge in [-0.2, -0.15) is 0 Å². The number of benzene rings is 5. The number of ether oxygens (including phenoxy) is 3. The number of methoxy groups -OCH3 is 1. The van der Waals surface area contributed by atoms with E-state index in [0.29, 0.717) is 51.5 Å². The van der Waals surface area contributed by atoms with Crippen molar-refractivity contribution in [3.05, 3.63) is 155 Å². The van der Waals surface area contributed by atoms with E-state index in [0.717, 1.165) is 16.7 Å². The maximum atomic E-state index is 13.4. The smallest absolute Gasteiger partial charge is 0.347 e. The van der Waals surface area contributed by atoms with E-state index in [-0.39, 0.29) is 11.5 Å². The Morgan fingerprint density at radius 3 is 2.20 bits per heavy atom. The minimum absolute atomic E-state index is 0.126. The molecule has 0 N–H and O–H groups in total. The minimum atomic E-state index is -0.581. The number of fused-ring (bicyclic) bond motifs is 1. The average molecular weight is 595 g/mol. The Labute approximate surface area is 261 Å². The molecule has 0 aliphatic heterocycles. The molecule has 6 nitrogen and oxygen atoms in total. The first-order valence-electron chi connectivity index (χ1n) is 14.5. The second kappa shape index (κ2) is 13.2. The molecule has 0 spiro atoms. The Hall–Kier alpha value is -5.88. The quantitative estimate of drug-likeness (QED) is 0.0682. The number of esters is 1. The van der Waals surface area contributed by atoms with Crippen LogP contribution in [0.15, 0.2) is 132 Å². The average Bonchev–Trinajstić information content (AvgIpc) is 3.42. The molecule has 0 unspecified atom stereocenters. The van der Waals surface area contributed by atoms with Gasteiger partial charge in [0.2, 0.25) is 0 Å². The van der Waals surface area contributed by atoms with Gasteiger partial charge in [0.15, 0.2) is 17.3 Å². The molecule has 0 saturated carbocycles. The summed E-state index contributed by atoms with van der Waals surface area (Å²) in [6.07, 6.45) is 3.21. The normalized spacial score (nSPS) is 11.1. The summed E-state index contributed by atoms with van der Waals surface area (Å²) in [4.78, 5) is 26.2. The van der Waals surface area contributed by atoms with Crippen LogP contribution in [0, 0.1) is 6.92 Å². The van der Waals surface area contributed by atoms with Crippen LogP contribution in [0.1, 0.15) is 37.6 Å². The Bertz CT molecular complexity index is 1990. The number of rotatable bonds is 10. The van der Waals surface area contributed by atoms with Crippen LogP contribution in [0.25, 0.3) is 28.2 Å². The van der Waals surface area contributed by atoms with Crippen LogP contribution in [-0.4, -0.2) is 18.9 Å². The van der Waals surface area contributed by atoms with Crippen LogP contribution in [0.5, 0.6) is 17.2 Å². The van der Waals surface area contributed by atoms with Crippen LogP contribution in [0.3, 0.4) is 0 Å². The van der Waals surface area contributed by atoms with E-state index < -0.39 is 5.97 Å². The van der Waals surface area contributed by atoms with E-state index in [1.807, 2.05) is 91.0 Å². The fraction of sp³-hybridized carbons (Fsp3) is 0.0769. The van der Waals surface area contributed by atoms with Gasteiger partial charge in [-0.05, 0) is 65.6 Å². The number of carbonyl (C=O) groups is 2. The van der Waals surface area contributed by atoms with Crippen molar-refractivity contribution in [1.82, 2.24) is 0 Å². The first kappa shape index (κ1) is 29.2. The van der Waals surface area contributed by atoms with Gasteiger partial charge in [0, 0.05) is 10.9 Å². The van der Waals surface area contributed by atoms with Crippen LogP contribution >= 0.6 is 0 Å². The monoisotopic (exact) mass is 594 g/mol. The maximum absolute atomic E-state index is 13.4. The highest BCUT2D eigenvalue weighted by Crippen LogP contribution is 2.33. The molecular formula is C39H30O6. The zero-order valence-electron chi connectivity index (χ0n) is 24.9. The Kier molecular flexibility index (Phi) is 8.56. The highest BCUT2D eigenvalue weighted by atomic mass is 16.6. The van der Waals surface area contributed by atoms with Crippen molar-refractivity contribution in [2.75, 3.05) is 7.11 Å². The number of carbonyl (C=O) groups excluding carboxylic acids is 2. The zero-order chi connectivity index (χ0) is 31.2. The summed E-state index contributed by atoms with van der Waals surface area (Å²) >= 11 is 0. The third kappa shape index (κ3) is 6.71. The Morgan fingerprint density at radius 1 is 0.756 bits per heavy atom. The molecular weight excluding hydrogens is 564 g/mol. The third-order valence-electron chi connectivity index (χ3n) is 7.38. The summed E-state index contributed by atoms with van der Waals surface area (Å²) in [6.45, 7) is 2.12. The molecule has 0 saturated heterocycles. The highest BCUT2D eigenvalue weighted by molar-refractivity contribution is 6.07. The summed E-state index contributed by atoms with van der Waals surface area (Å²) in [5.74, 6) is 0.927. The van der Waals surface area contributed by atoms with E-state index in [4.69, 9.17) is 18.6 Å². The zero-order valence-corrected chi connectivity index (χ0v) is 24.9. The van der Waals surface area contributed by atoms with Gasteiger partial charge < -0.3 is 18.6 Å². The van der Waals surface area contributed by atoms with Crippen LogP contribution < -0.4 is 14.2 Å². The van der Waals surface area contributed by atoms with Crippen LogP contribution in [0.2, 0.25) is 0 Å². The van der Waals surface area contributed by atoms with Gasteiger partial charge in [-0.25, -0.2) is 4.79 Å². The summed E-state index contributed by atoms with van der Waals surface area (Å²) < 4.78 is 23.1. The second-order valence-corrected chi connectivity index (χ2v) is 10.4. The van der Waals surface area contributed by atoms with Gasteiger partial charge in [-0.15, -0.1) is 0 Å². The van der Waals surface area contributed by atoms with Gasteiger partial charge >= 0.3 is 5.97 Å². The predicted molar refractivity (Wildman–Crippen MR) is 175 cm³/mol. The first-order chi connectivity index (χ1) is 22.0. The summed E-state index contributed by atoms with van der Waals surface area (Å²) in [5, 5.41) is 0.594. The molecule has 6 rings (SSSR count). The van der Waals surface area contributed by atoms with E-state index in [1.165, 1.54) is 13.2 Å². The number of hydrogen-bond donors (Lipinski definition) is 0. The predicted octanol–water partition coefficient (Wildman–Crippen LogP) is 9.11. The van der Waals surface area contributed by atoms with Crippen LogP contribution in [-0.2, 0) is 6.61 Å². The summed E-state index contributed by atoms with van der Waals surface area (Å²) in [6, 6.07) is 37.8. The van der Waals surface area contributed by atoms with Crippen molar-refractivity contribution < 1.29 is 28.2 Å². The molecule has 0 aliphatic rings. The molecule has 0 amide bonds. The topological polar surface area (TPSA) is 75.0 Å². The van der Waals surface area contributed by atoms with E-state index in [1.54, 1.807) is 43.3 Å². The minimum Gasteiger partial charge on any atom is -0.493 e. The Balaban J connectivity index is 1.15. The standard InChI is InChI=1S/C39H30O6/c1-26-38(33-24-32(19-22-35(33)44-26)43-25-28-9-5-3-6-10-28)39(41)45-36-21-14-27(23-37(36)42-2)13-20-34(40)31-17-15-30(16-18-31)29-11-7-4-8-12-29/h3-24H,25H2,1-2H3. The van der Waals surface area contributed by atoms with Gasteiger partial charge in [0.25, 0.3) is 0 Å². The van der Waals surface area contributed by atoms with Crippen molar-refractivity contribution in [3.63, 3.8) is 0 Å². The molecule has 6 aromatic rings. The molecule has 1 aromatic heterocycles. The first-order valence-corrected chi connectivity index (χ1v) is 14.5. The molecule has 0 bridgehead atoms. The molecule has 5 aromatic carbocycles. The molecule has 0 aliphatic carbocycles. The number of hydrogen-bond acceptors (Lipinski definition) is 6. The SMILES string of the molecule is COc1cc(C=CC(=O)c2ccc(-c3ccccc3)cc2)ccc1OC(=O)c1c(C)oc2ccc(OCc3ccccc3)cc12. The molecule has 222 valence electrons. The molecule has 0 radical (unpaired) electrons. The lowest BCUT2D eigenvalue weighted by molar-refractivity contribution is 0.0729. The third-order valence-corrected chi connectivity index (χ3v) is 7.38. The fourth-order valence-electron chi connectivity index (χ4n) is 5.03. The highest BCUT2D eigenvalue weighted by Gasteiger charge is 2.22. The van der Waals surface area contributed by atoms with Crippen molar-refractivity contribution in [3.8, 4) is 28.4 Å². The van der Waals surface area contributed by atoms with Gasteiger partial charge in [-0.1, -0.05) is 97.1 Å². The molecule has 1 heterocycles. The summed E-state index contributed by atoms with van der Waals surface area (Å²) in [5.41, 5.74) is 5.33. The van der Waals surface area contributed by atoms with Gasteiger partial charge in [-0.3, -0.25) is 4.79 Å². The van der Waals surface area contributed by atoms with Crippen molar-refractivity contribution >= 4 is 28.8 Å². The van der Waals surface area contributed by atoms with E-state index >= 15 is 0 Å². The van der Waals surface area contributed by atoms with Gasteiger partial charge in [0.05, 0.1) is 7.11 Å². The van der Waals surface area contributed by atoms with Crippen molar-refractivity contribution in [2.45, 2.75) is 13.5 Å². The molecule has 6 heteroatoms.